The fraction of sp³-hybridized carbons (Fsp3) is 0.190. The molecule has 126 valence electrons. The van der Waals surface area contributed by atoms with E-state index in [2.05, 4.69) is 4.90 Å². The first kappa shape index (κ1) is 15.5. The Bertz CT molecular complexity index is 909. The average molecular weight is 332 g/mol. The molecule has 0 bridgehead atoms. The van der Waals surface area contributed by atoms with Crippen LogP contribution >= 0.6 is 0 Å². The third-order valence-electron chi connectivity index (χ3n) is 4.81. The topological polar surface area (TPSA) is 43.8 Å². The molecular formula is C21H20N2O2. The van der Waals surface area contributed by atoms with Crippen molar-refractivity contribution in [3.8, 4) is 5.75 Å². The molecule has 1 saturated heterocycles. The van der Waals surface area contributed by atoms with Crippen molar-refractivity contribution < 1.29 is 9.90 Å². The molecule has 1 N–H and O–H groups in total. The maximum Gasteiger partial charge on any atom is 0.254 e. The van der Waals surface area contributed by atoms with Crippen LogP contribution in [-0.4, -0.2) is 42.1 Å². The average Bonchev–Trinajstić information content (AvgIpc) is 2.67. The van der Waals surface area contributed by atoms with Crippen LogP contribution in [0.15, 0.2) is 66.7 Å². The zero-order valence-electron chi connectivity index (χ0n) is 13.9. The summed E-state index contributed by atoms with van der Waals surface area (Å²) in [5.74, 6) is 0.366. The van der Waals surface area contributed by atoms with Crippen LogP contribution in [0.2, 0.25) is 0 Å². The van der Waals surface area contributed by atoms with Gasteiger partial charge in [-0.3, -0.25) is 4.79 Å². The first-order valence-corrected chi connectivity index (χ1v) is 8.54. The molecule has 4 heteroatoms. The lowest BCUT2D eigenvalue weighted by Gasteiger charge is -2.36. The first-order chi connectivity index (χ1) is 12.2. The minimum atomic E-state index is 0.0775. The highest BCUT2D eigenvalue weighted by molar-refractivity contribution is 6.07. The largest absolute Gasteiger partial charge is 0.506 e. The number of nitrogens with zero attached hydrogens (tertiary/aromatic N) is 2. The van der Waals surface area contributed by atoms with Crippen molar-refractivity contribution in [2.24, 2.45) is 0 Å². The Morgan fingerprint density at radius 2 is 1.48 bits per heavy atom. The minimum absolute atomic E-state index is 0.0775. The van der Waals surface area contributed by atoms with E-state index in [0.29, 0.717) is 26.2 Å². The summed E-state index contributed by atoms with van der Waals surface area (Å²) >= 11 is 0. The Labute approximate surface area is 146 Å². The van der Waals surface area contributed by atoms with Crippen LogP contribution in [0.25, 0.3) is 10.8 Å². The van der Waals surface area contributed by atoms with E-state index in [4.69, 9.17) is 0 Å². The van der Waals surface area contributed by atoms with Gasteiger partial charge in [-0.05, 0) is 29.0 Å². The van der Waals surface area contributed by atoms with Crippen molar-refractivity contribution in [3.63, 3.8) is 0 Å². The van der Waals surface area contributed by atoms with E-state index < -0.39 is 0 Å². The van der Waals surface area contributed by atoms with Crippen molar-refractivity contribution >= 4 is 22.4 Å². The van der Waals surface area contributed by atoms with Crippen LogP contribution in [0, 0.1) is 0 Å². The zero-order valence-corrected chi connectivity index (χ0v) is 13.9. The second-order valence-electron chi connectivity index (χ2n) is 6.29. The van der Waals surface area contributed by atoms with E-state index in [0.717, 1.165) is 22.0 Å². The smallest absolute Gasteiger partial charge is 0.254 e. The number of carbonyl (C=O) groups excluding carboxylic acids is 1. The van der Waals surface area contributed by atoms with Gasteiger partial charge < -0.3 is 14.9 Å². The molecule has 3 aromatic rings. The molecule has 4 nitrogen and oxygen atoms in total. The van der Waals surface area contributed by atoms with Gasteiger partial charge in [-0.2, -0.15) is 0 Å². The standard InChI is InChI=1S/C21H20N2O2/c24-20-11-4-3-10-19(20)22-12-14-23(15-13-22)21(25)18-9-5-7-16-6-1-2-8-17(16)18/h1-11,24H,12-15H2. The summed E-state index contributed by atoms with van der Waals surface area (Å²) in [5.41, 5.74) is 1.59. The molecule has 0 aromatic heterocycles. The summed E-state index contributed by atoms with van der Waals surface area (Å²) in [5, 5.41) is 12.1. The summed E-state index contributed by atoms with van der Waals surface area (Å²) in [6, 6.07) is 21.2. The predicted molar refractivity (Wildman–Crippen MR) is 100 cm³/mol. The number of aromatic hydroxyl groups is 1. The molecule has 1 amide bonds. The fourth-order valence-corrected chi connectivity index (χ4v) is 3.46. The lowest BCUT2D eigenvalue weighted by Crippen LogP contribution is -2.48. The molecule has 0 saturated carbocycles. The van der Waals surface area contributed by atoms with Gasteiger partial charge in [0.15, 0.2) is 0 Å². The van der Waals surface area contributed by atoms with E-state index >= 15 is 0 Å². The molecule has 1 aliphatic heterocycles. The molecule has 1 heterocycles. The number of phenols is 1. The third-order valence-corrected chi connectivity index (χ3v) is 4.81. The molecule has 0 radical (unpaired) electrons. The zero-order chi connectivity index (χ0) is 17.2. The Morgan fingerprint density at radius 3 is 2.28 bits per heavy atom. The number of rotatable bonds is 2. The van der Waals surface area contributed by atoms with Crippen molar-refractivity contribution in [2.45, 2.75) is 0 Å². The molecule has 0 aliphatic carbocycles. The van der Waals surface area contributed by atoms with E-state index in [-0.39, 0.29) is 11.7 Å². The summed E-state index contributed by atoms with van der Waals surface area (Å²) in [6.45, 7) is 2.73. The van der Waals surface area contributed by atoms with Gasteiger partial charge >= 0.3 is 0 Å². The Balaban J connectivity index is 1.52. The van der Waals surface area contributed by atoms with E-state index in [9.17, 15) is 9.90 Å². The minimum Gasteiger partial charge on any atom is -0.506 e. The number of piperazine rings is 1. The molecule has 25 heavy (non-hydrogen) atoms. The maximum atomic E-state index is 13.0. The van der Waals surface area contributed by atoms with Gasteiger partial charge in [0.25, 0.3) is 5.91 Å². The second-order valence-corrected chi connectivity index (χ2v) is 6.29. The molecular weight excluding hydrogens is 312 g/mol. The normalized spacial score (nSPS) is 14.7. The lowest BCUT2D eigenvalue weighted by molar-refractivity contribution is 0.0748. The van der Waals surface area contributed by atoms with Gasteiger partial charge in [0.05, 0.1) is 5.69 Å². The van der Waals surface area contributed by atoms with Crippen molar-refractivity contribution in [3.05, 3.63) is 72.3 Å². The van der Waals surface area contributed by atoms with Crippen LogP contribution in [-0.2, 0) is 0 Å². The molecule has 1 aliphatic rings. The number of anilines is 1. The summed E-state index contributed by atoms with van der Waals surface area (Å²) < 4.78 is 0. The summed E-state index contributed by atoms with van der Waals surface area (Å²) in [6.07, 6.45) is 0. The highest BCUT2D eigenvalue weighted by atomic mass is 16.3. The van der Waals surface area contributed by atoms with Crippen molar-refractivity contribution in [1.82, 2.24) is 4.90 Å². The molecule has 4 rings (SSSR count). The number of benzene rings is 3. The van der Waals surface area contributed by atoms with Gasteiger partial charge in [0.2, 0.25) is 0 Å². The lowest BCUT2D eigenvalue weighted by atomic mass is 10.0. The number of para-hydroxylation sites is 2. The van der Waals surface area contributed by atoms with Crippen LogP contribution in [0.4, 0.5) is 5.69 Å². The molecule has 0 unspecified atom stereocenters. The number of hydrogen-bond donors (Lipinski definition) is 1. The molecule has 0 spiro atoms. The maximum absolute atomic E-state index is 13.0. The molecule has 1 fully saturated rings. The monoisotopic (exact) mass is 332 g/mol. The number of amides is 1. The quantitative estimate of drug-likeness (QED) is 0.781. The van der Waals surface area contributed by atoms with Gasteiger partial charge in [-0.15, -0.1) is 0 Å². The number of fused-ring (bicyclic) bond motifs is 1. The number of carbonyl (C=O) groups is 1. The summed E-state index contributed by atoms with van der Waals surface area (Å²) in [7, 11) is 0. The second kappa shape index (κ2) is 6.48. The van der Waals surface area contributed by atoms with Crippen molar-refractivity contribution in [1.29, 1.82) is 0 Å². The first-order valence-electron chi connectivity index (χ1n) is 8.54. The van der Waals surface area contributed by atoms with E-state index in [1.54, 1.807) is 6.07 Å². The van der Waals surface area contributed by atoms with E-state index in [1.807, 2.05) is 65.6 Å². The van der Waals surface area contributed by atoms with Gasteiger partial charge in [-0.25, -0.2) is 0 Å². The fourth-order valence-electron chi connectivity index (χ4n) is 3.46. The third kappa shape index (κ3) is 2.91. The van der Waals surface area contributed by atoms with Crippen LogP contribution in [0.5, 0.6) is 5.75 Å². The van der Waals surface area contributed by atoms with Crippen LogP contribution < -0.4 is 4.90 Å². The number of hydrogen-bond acceptors (Lipinski definition) is 3. The Hall–Kier alpha value is -3.01. The van der Waals surface area contributed by atoms with Gasteiger partial charge in [0.1, 0.15) is 5.75 Å². The van der Waals surface area contributed by atoms with Crippen molar-refractivity contribution in [2.75, 3.05) is 31.1 Å². The van der Waals surface area contributed by atoms with Gasteiger partial charge in [-0.1, -0.05) is 48.5 Å². The number of phenolic OH excluding ortho intramolecular Hbond substituents is 1. The van der Waals surface area contributed by atoms with Crippen LogP contribution in [0.3, 0.4) is 0 Å². The van der Waals surface area contributed by atoms with E-state index in [1.165, 1.54) is 0 Å². The molecule has 0 atom stereocenters. The highest BCUT2D eigenvalue weighted by Crippen LogP contribution is 2.28. The van der Waals surface area contributed by atoms with Gasteiger partial charge in [0, 0.05) is 31.7 Å². The Kier molecular flexibility index (Phi) is 4.02. The molecule has 3 aromatic carbocycles. The van der Waals surface area contributed by atoms with Crippen LogP contribution in [0.1, 0.15) is 10.4 Å². The highest BCUT2D eigenvalue weighted by Gasteiger charge is 2.24. The Morgan fingerprint density at radius 1 is 0.800 bits per heavy atom. The predicted octanol–water partition coefficient (Wildman–Crippen LogP) is 3.51. The summed E-state index contributed by atoms with van der Waals surface area (Å²) in [4.78, 5) is 17.0. The SMILES string of the molecule is O=C(c1cccc2ccccc12)N1CCN(c2ccccc2O)CC1.